The van der Waals surface area contributed by atoms with Gasteiger partial charge in [-0.05, 0) is 67.6 Å². The average molecular weight is 580 g/mol. The molecule has 0 saturated heterocycles. The van der Waals surface area contributed by atoms with Crippen LogP contribution in [0.2, 0.25) is 0 Å². The van der Waals surface area contributed by atoms with E-state index in [1.165, 1.54) is 16.9 Å². The van der Waals surface area contributed by atoms with Crippen molar-refractivity contribution in [3.05, 3.63) is 86.9 Å². The highest BCUT2D eigenvalue weighted by atomic mass is 79.9. The van der Waals surface area contributed by atoms with Crippen molar-refractivity contribution in [3.8, 4) is 11.1 Å². The molecule has 0 aliphatic rings. The number of hydrogen-bond acceptors (Lipinski definition) is 4. The first-order valence-electron chi connectivity index (χ1n) is 12.3. The van der Waals surface area contributed by atoms with Crippen molar-refractivity contribution in [2.75, 3.05) is 11.9 Å². The van der Waals surface area contributed by atoms with E-state index in [2.05, 4.69) is 59.9 Å². The lowest BCUT2D eigenvalue weighted by molar-refractivity contribution is 0.0529. The van der Waals surface area contributed by atoms with Gasteiger partial charge in [-0.3, -0.25) is 4.79 Å². The van der Waals surface area contributed by atoms with Crippen LogP contribution < -0.4 is 5.32 Å². The number of rotatable bonds is 8. The number of thiophene rings is 1. The second-order valence-corrected chi connectivity index (χ2v) is 11.4. The molecule has 192 valence electrons. The summed E-state index contributed by atoms with van der Waals surface area (Å²) >= 11 is 4.85. The number of nitrogens with zero attached hydrogens (tertiary/aromatic N) is 1. The summed E-state index contributed by atoms with van der Waals surface area (Å²) in [6.45, 7) is 14.6. The number of hydrogen-bond donors (Lipinski definition) is 1. The molecule has 0 aliphatic carbocycles. The highest BCUT2D eigenvalue weighted by Gasteiger charge is 2.28. The minimum atomic E-state index is -0.454. The van der Waals surface area contributed by atoms with Crippen molar-refractivity contribution >= 4 is 55.0 Å². The third-order valence-corrected chi connectivity index (χ3v) is 8.01. The minimum absolute atomic E-state index is 0.242. The monoisotopic (exact) mass is 578 g/mol. The summed E-state index contributed by atoms with van der Waals surface area (Å²) in [6, 6.07) is 14.1. The van der Waals surface area contributed by atoms with E-state index >= 15 is 0 Å². The highest BCUT2D eigenvalue weighted by molar-refractivity contribution is 9.10. The van der Waals surface area contributed by atoms with Gasteiger partial charge in [0.25, 0.3) is 5.91 Å². The smallest absolute Gasteiger partial charge is 0.341 e. The van der Waals surface area contributed by atoms with Crippen molar-refractivity contribution in [2.24, 2.45) is 0 Å². The number of carbonyl (C=O) groups is 2. The zero-order valence-electron chi connectivity index (χ0n) is 21.8. The Hall–Kier alpha value is -3.16. The summed E-state index contributed by atoms with van der Waals surface area (Å²) in [4.78, 5) is 27.9. The molecule has 2 aromatic carbocycles. The number of carbonyl (C=O) groups excluding carboxylic acids is 2. The topological polar surface area (TPSA) is 60.3 Å². The first-order valence-corrected chi connectivity index (χ1v) is 13.9. The van der Waals surface area contributed by atoms with Gasteiger partial charge in [-0.2, -0.15) is 0 Å². The Labute approximate surface area is 230 Å². The molecule has 0 radical (unpaired) electrons. The maximum absolute atomic E-state index is 13.8. The maximum atomic E-state index is 13.8. The van der Waals surface area contributed by atoms with Gasteiger partial charge in [-0.1, -0.05) is 54.1 Å². The number of anilines is 1. The van der Waals surface area contributed by atoms with Gasteiger partial charge in [-0.15, -0.1) is 17.9 Å². The fraction of sp³-hybridized carbons (Fsp3) is 0.267. The number of halogens is 1. The van der Waals surface area contributed by atoms with Gasteiger partial charge in [0.1, 0.15) is 16.3 Å². The van der Waals surface area contributed by atoms with Crippen LogP contribution in [0.3, 0.4) is 0 Å². The van der Waals surface area contributed by atoms with Crippen molar-refractivity contribution in [1.82, 2.24) is 4.57 Å². The lowest BCUT2D eigenvalue weighted by atomic mass is 10.0. The summed E-state index contributed by atoms with van der Waals surface area (Å²) < 4.78 is 8.34. The van der Waals surface area contributed by atoms with Gasteiger partial charge in [0.05, 0.1) is 6.61 Å². The summed E-state index contributed by atoms with van der Waals surface area (Å²) in [6.07, 6.45) is 1.79. The predicted molar refractivity (Wildman–Crippen MR) is 157 cm³/mol. The fourth-order valence-corrected chi connectivity index (χ4v) is 5.99. The Kier molecular flexibility index (Phi) is 8.05. The van der Waals surface area contributed by atoms with E-state index in [0.29, 0.717) is 28.7 Å². The maximum Gasteiger partial charge on any atom is 0.341 e. The number of benzene rings is 2. The van der Waals surface area contributed by atoms with Gasteiger partial charge in [0.2, 0.25) is 0 Å². The van der Waals surface area contributed by atoms with Crippen molar-refractivity contribution < 1.29 is 14.3 Å². The second-order valence-electron chi connectivity index (χ2n) is 9.22. The zero-order chi connectivity index (χ0) is 26.9. The van der Waals surface area contributed by atoms with E-state index in [9.17, 15) is 9.59 Å². The molecule has 0 saturated carbocycles. The van der Waals surface area contributed by atoms with E-state index in [0.717, 1.165) is 36.9 Å². The molecule has 5 nitrogen and oxygen atoms in total. The zero-order valence-corrected chi connectivity index (χ0v) is 24.2. The number of amides is 1. The minimum Gasteiger partial charge on any atom is -0.462 e. The van der Waals surface area contributed by atoms with Crippen LogP contribution in [0.5, 0.6) is 0 Å². The average Bonchev–Trinajstić information content (AvgIpc) is 3.33. The number of ether oxygens (including phenoxy) is 1. The first-order chi connectivity index (χ1) is 17.7. The molecule has 1 N–H and O–H groups in total. The molecular weight excluding hydrogens is 548 g/mol. The van der Waals surface area contributed by atoms with E-state index < -0.39 is 5.97 Å². The molecule has 0 aliphatic heterocycles. The lowest BCUT2D eigenvalue weighted by Gasteiger charge is -2.12. The molecule has 4 rings (SSSR count). The quantitative estimate of drug-likeness (QED) is 0.168. The molecule has 37 heavy (non-hydrogen) atoms. The Morgan fingerprint density at radius 2 is 1.86 bits per heavy atom. The van der Waals surface area contributed by atoms with E-state index in [1.807, 2.05) is 42.7 Å². The first kappa shape index (κ1) is 26.9. The van der Waals surface area contributed by atoms with Gasteiger partial charge < -0.3 is 14.6 Å². The molecule has 0 bridgehead atoms. The molecule has 1 amide bonds. The van der Waals surface area contributed by atoms with Crippen molar-refractivity contribution in [1.29, 1.82) is 0 Å². The van der Waals surface area contributed by atoms with Crippen molar-refractivity contribution in [3.63, 3.8) is 0 Å². The third kappa shape index (κ3) is 5.15. The largest absolute Gasteiger partial charge is 0.462 e. The third-order valence-electron chi connectivity index (χ3n) is 6.46. The van der Waals surface area contributed by atoms with Crippen LogP contribution in [0, 0.1) is 13.8 Å². The second kappa shape index (κ2) is 11.1. The summed E-state index contributed by atoms with van der Waals surface area (Å²) in [5.74, 6) is -0.345. The summed E-state index contributed by atoms with van der Waals surface area (Å²) in [5, 5.41) is 4.59. The van der Waals surface area contributed by atoms with E-state index in [1.54, 1.807) is 13.0 Å². The van der Waals surface area contributed by atoms with Gasteiger partial charge >= 0.3 is 5.97 Å². The Morgan fingerprint density at radius 3 is 2.49 bits per heavy atom. The Morgan fingerprint density at radius 1 is 1.16 bits per heavy atom. The Balaban J connectivity index is 1.84. The molecule has 0 atom stereocenters. The summed E-state index contributed by atoms with van der Waals surface area (Å²) in [7, 11) is 0. The number of nitrogens with one attached hydrogen (secondary N) is 1. The summed E-state index contributed by atoms with van der Waals surface area (Å²) in [5.41, 5.74) is 5.70. The molecule has 4 aromatic rings. The molecule has 2 aromatic heterocycles. The number of aromatic nitrogens is 1. The van der Waals surface area contributed by atoms with Crippen LogP contribution in [0.15, 0.2) is 59.6 Å². The van der Waals surface area contributed by atoms with Crippen LogP contribution >= 0.6 is 27.3 Å². The Bertz CT molecular complexity index is 1500. The molecule has 7 heteroatoms. The normalized spacial score (nSPS) is 11.2. The molecular formula is C30H31BrN2O3S. The number of fused-ring (bicyclic) bond motifs is 1. The standard InChI is InChI=1S/C30H31BrN2O3S/c1-7-15-33-24-14-11-21(17(3)4)16-23(24)18(5)27(33)28(34)32-29-26(30(35)36-8-2)25(19(6)37-29)20-9-12-22(31)13-10-20/h7,9-14,16-17H,1,8,15H2,2-6H3,(H,32,34). The van der Waals surface area contributed by atoms with Gasteiger partial charge in [-0.25, -0.2) is 4.79 Å². The van der Waals surface area contributed by atoms with Crippen molar-refractivity contribution in [2.45, 2.75) is 47.1 Å². The lowest BCUT2D eigenvalue weighted by Crippen LogP contribution is -2.19. The molecule has 2 heterocycles. The fourth-order valence-electron chi connectivity index (χ4n) is 4.67. The highest BCUT2D eigenvalue weighted by Crippen LogP contribution is 2.41. The number of aryl methyl sites for hydroxylation is 2. The molecule has 0 spiro atoms. The number of allylic oxidation sites excluding steroid dienone is 1. The van der Waals surface area contributed by atoms with Gasteiger partial charge in [0.15, 0.2) is 0 Å². The predicted octanol–water partition coefficient (Wildman–Crippen LogP) is 8.49. The molecule has 0 fully saturated rings. The van der Waals surface area contributed by atoms with Crippen LogP contribution in [0.25, 0.3) is 22.0 Å². The van der Waals surface area contributed by atoms with Gasteiger partial charge in [0, 0.05) is 32.4 Å². The number of esters is 1. The molecule has 0 unspecified atom stereocenters. The SMILES string of the molecule is C=CCn1c(C(=O)Nc2sc(C)c(-c3ccc(Br)cc3)c2C(=O)OCC)c(C)c2cc(C(C)C)ccc21. The van der Waals surface area contributed by atoms with E-state index in [-0.39, 0.29) is 12.5 Å². The van der Waals surface area contributed by atoms with Crippen LogP contribution in [-0.4, -0.2) is 23.1 Å². The van der Waals surface area contributed by atoms with Crippen LogP contribution in [0.1, 0.15) is 63.5 Å². The van der Waals surface area contributed by atoms with Crippen LogP contribution in [0.4, 0.5) is 5.00 Å². The van der Waals surface area contributed by atoms with Crippen LogP contribution in [-0.2, 0) is 11.3 Å². The van der Waals surface area contributed by atoms with E-state index in [4.69, 9.17) is 4.74 Å².